The molecule has 1 aromatic rings. The van der Waals surface area contributed by atoms with Gasteiger partial charge in [0.05, 0.1) is 25.2 Å². The van der Waals surface area contributed by atoms with Gasteiger partial charge in [-0.3, -0.25) is 9.69 Å². The molecule has 2 aliphatic rings. The number of benzene rings is 1. The van der Waals surface area contributed by atoms with Crippen LogP contribution in [0.5, 0.6) is 0 Å². The smallest absolute Gasteiger partial charge is 0.444 e. The second kappa shape index (κ2) is 13.8. The van der Waals surface area contributed by atoms with E-state index in [4.69, 9.17) is 9.47 Å². The average molecular weight is 526 g/mol. The topological polar surface area (TPSA) is 135 Å². The summed E-state index contributed by atoms with van der Waals surface area (Å²) in [5, 5.41) is 31.9. The van der Waals surface area contributed by atoms with Gasteiger partial charge in [0.1, 0.15) is 17.7 Å². The average Bonchev–Trinajstić information content (AvgIpc) is 3.12. The first kappa shape index (κ1) is 29.6. The molecule has 2 heterocycles. The molecule has 1 aromatic carbocycles. The van der Waals surface area contributed by atoms with E-state index in [2.05, 4.69) is 16.3 Å². The summed E-state index contributed by atoms with van der Waals surface area (Å²) in [6.07, 6.45) is 2.69. The number of ether oxygens (including phenoxy) is 2. The molecule has 1 unspecified atom stereocenters. The van der Waals surface area contributed by atoms with Crippen molar-refractivity contribution < 1.29 is 29.1 Å². The number of carbonyl (C=O) groups is 2. The Balaban J connectivity index is 1.63. The minimum Gasteiger partial charge on any atom is -0.444 e. The lowest BCUT2D eigenvalue weighted by Gasteiger charge is -2.41. The molecule has 0 aromatic heterocycles. The fraction of sp³-hybridized carbons (Fsp3) is 0.593. The van der Waals surface area contributed by atoms with Crippen LogP contribution in [-0.4, -0.2) is 95.4 Å². The summed E-state index contributed by atoms with van der Waals surface area (Å²) in [6.45, 7) is 8.60. The Morgan fingerprint density at radius 3 is 2.66 bits per heavy atom. The van der Waals surface area contributed by atoms with Gasteiger partial charge in [0.15, 0.2) is 0 Å². The molecule has 11 heteroatoms. The number of hydrogen-bond donors (Lipinski definition) is 3. The Morgan fingerprint density at radius 1 is 1.26 bits per heavy atom. The Hall–Kier alpha value is -2.91. The van der Waals surface area contributed by atoms with E-state index in [0.29, 0.717) is 32.7 Å². The van der Waals surface area contributed by atoms with Crippen molar-refractivity contribution in [2.24, 2.45) is 0 Å². The maximum Gasteiger partial charge on any atom is 0.475 e. The molecule has 0 saturated carbocycles. The third kappa shape index (κ3) is 8.56. The molecule has 206 valence electrons. The van der Waals surface area contributed by atoms with Crippen LogP contribution in [0.2, 0.25) is 0 Å². The lowest BCUT2D eigenvalue weighted by Crippen LogP contribution is -2.51. The molecule has 10 nitrogen and oxygen atoms in total. The van der Waals surface area contributed by atoms with Crippen LogP contribution in [0, 0.1) is 11.3 Å². The first-order chi connectivity index (χ1) is 18.1. The summed E-state index contributed by atoms with van der Waals surface area (Å²) in [7, 11) is -1.77. The molecule has 3 N–H and O–H groups in total. The van der Waals surface area contributed by atoms with Gasteiger partial charge in [-0.25, -0.2) is 4.79 Å². The van der Waals surface area contributed by atoms with Crippen molar-refractivity contribution in [3.05, 3.63) is 47.5 Å². The summed E-state index contributed by atoms with van der Waals surface area (Å²) in [4.78, 5) is 29.8. The molecule has 38 heavy (non-hydrogen) atoms. The van der Waals surface area contributed by atoms with E-state index in [9.17, 15) is 24.9 Å². The highest BCUT2D eigenvalue weighted by Gasteiger charge is 2.33. The number of alkyl carbamates (subject to hydrolysis) is 1. The van der Waals surface area contributed by atoms with Crippen LogP contribution in [0.25, 0.3) is 0 Å². The SMILES string of the molecule is C[C@H]1CN(C(C)(C)C=C(C#N)C(=O)N2CCCC[C@@H](OC(=O)NC(Cc3ccccc3)B(O)O)C2)CCO1. The van der Waals surface area contributed by atoms with Crippen molar-refractivity contribution in [3.8, 4) is 6.07 Å². The van der Waals surface area contributed by atoms with Crippen LogP contribution in [0.15, 0.2) is 42.0 Å². The highest BCUT2D eigenvalue weighted by atomic mass is 16.6. The van der Waals surface area contributed by atoms with Crippen molar-refractivity contribution in [1.29, 1.82) is 5.26 Å². The lowest BCUT2D eigenvalue weighted by molar-refractivity contribution is -0.127. The number of carbonyl (C=O) groups excluding carboxylic acids is 2. The maximum atomic E-state index is 13.4. The van der Waals surface area contributed by atoms with Crippen molar-refractivity contribution in [1.82, 2.24) is 15.1 Å². The first-order valence-electron chi connectivity index (χ1n) is 13.2. The summed E-state index contributed by atoms with van der Waals surface area (Å²) in [6, 6.07) is 11.3. The van der Waals surface area contributed by atoms with Crippen LogP contribution in [0.3, 0.4) is 0 Å². The van der Waals surface area contributed by atoms with Crippen molar-refractivity contribution >= 4 is 19.1 Å². The monoisotopic (exact) mass is 526 g/mol. The van der Waals surface area contributed by atoms with Gasteiger partial charge in [0.25, 0.3) is 5.91 Å². The largest absolute Gasteiger partial charge is 0.475 e. The Bertz CT molecular complexity index is 1010. The van der Waals surface area contributed by atoms with Gasteiger partial charge in [0, 0.05) is 25.2 Å². The number of nitrogens with one attached hydrogen (secondary N) is 1. The van der Waals surface area contributed by atoms with Gasteiger partial charge < -0.3 is 29.7 Å². The third-order valence-corrected chi connectivity index (χ3v) is 7.06. The normalized spacial score (nSPS) is 22.1. The number of hydrogen-bond acceptors (Lipinski definition) is 8. The molecule has 2 saturated heterocycles. The van der Waals surface area contributed by atoms with E-state index in [1.165, 1.54) is 0 Å². The van der Waals surface area contributed by atoms with Gasteiger partial charge >= 0.3 is 13.2 Å². The molecular formula is C27H39BN4O6. The van der Waals surface area contributed by atoms with E-state index >= 15 is 0 Å². The number of likely N-dealkylation sites (tertiary alicyclic amines) is 1. The van der Waals surface area contributed by atoms with Crippen molar-refractivity contribution in [3.63, 3.8) is 0 Å². The van der Waals surface area contributed by atoms with E-state index in [1.807, 2.05) is 51.1 Å². The van der Waals surface area contributed by atoms with Crippen molar-refractivity contribution in [2.75, 3.05) is 32.8 Å². The highest BCUT2D eigenvalue weighted by Crippen LogP contribution is 2.23. The van der Waals surface area contributed by atoms with Gasteiger partial charge in [-0.15, -0.1) is 0 Å². The minimum atomic E-state index is -1.77. The predicted molar refractivity (Wildman–Crippen MR) is 143 cm³/mol. The second-order valence-electron chi connectivity index (χ2n) is 10.6. The van der Waals surface area contributed by atoms with E-state index in [0.717, 1.165) is 18.4 Å². The van der Waals surface area contributed by atoms with E-state index in [1.54, 1.807) is 11.0 Å². The molecule has 2 aliphatic heterocycles. The summed E-state index contributed by atoms with van der Waals surface area (Å²) < 4.78 is 11.2. The summed E-state index contributed by atoms with van der Waals surface area (Å²) in [5.41, 5.74) is 0.382. The number of rotatable bonds is 8. The molecule has 3 rings (SSSR count). The lowest BCUT2D eigenvalue weighted by atomic mass is 9.76. The molecule has 2 amide bonds. The van der Waals surface area contributed by atoms with E-state index in [-0.39, 0.29) is 30.5 Å². The fourth-order valence-electron chi connectivity index (χ4n) is 4.92. The second-order valence-corrected chi connectivity index (χ2v) is 10.6. The zero-order valence-corrected chi connectivity index (χ0v) is 22.5. The van der Waals surface area contributed by atoms with Crippen LogP contribution in [0.1, 0.15) is 45.6 Å². The maximum absolute atomic E-state index is 13.4. The van der Waals surface area contributed by atoms with Gasteiger partial charge in [-0.05, 0) is 58.1 Å². The van der Waals surface area contributed by atoms with E-state index < -0.39 is 30.8 Å². The van der Waals surface area contributed by atoms with Crippen LogP contribution in [0.4, 0.5) is 4.79 Å². The number of amides is 2. The minimum absolute atomic E-state index is 0.0607. The summed E-state index contributed by atoms with van der Waals surface area (Å²) >= 11 is 0. The zero-order valence-electron chi connectivity index (χ0n) is 22.5. The summed E-state index contributed by atoms with van der Waals surface area (Å²) in [5.74, 6) is -1.34. The quantitative estimate of drug-likeness (QED) is 0.265. The Labute approximate surface area is 225 Å². The Morgan fingerprint density at radius 2 is 2.00 bits per heavy atom. The molecule has 2 fully saturated rings. The van der Waals surface area contributed by atoms with Gasteiger partial charge in [0.2, 0.25) is 0 Å². The third-order valence-electron chi connectivity index (χ3n) is 7.06. The molecule has 0 bridgehead atoms. The molecule has 0 radical (unpaired) electrons. The van der Waals surface area contributed by atoms with Gasteiger partial charge in [-0.2, -0.15) is 5.26 Å². The van der Waals surface area contributed by atoms with Crippen LogP contribution in [-0.2, 0) is 20.7 Å². The molecular weight excluding hydrogens is 487 g/mol. The molecule has 3 atom stereocenters. The number of nitrogens with zero attached hydrogens (tertiary/aromatic N) is 3. The number of nitriles is 1. The fourth-order valence-corrected chi connectivity index (χ4v) is 4.92. The Kier molecular flexibility index (Phi) is 10.7. The standard InChI is InChI=1S/C27H39BN4O6/c1-20-18-32(13-14-37-20)27(2,3)16-22(17-29)25(33)31-12-8-7-11-23(19-31)38-26(34)30-24(28(35)36)15-21-9-5-4-6-10-21/h4-6,9-10,16,20,23-24,35-36H,7-8,11-15,18-19H2,1-3H3,(H,30,34)/t20-,23+,24?/m0/s1. The first-order valence-corrected chi connectivity index (χ1v) is 13.2. The number of morpholine rings is 1. The predicted octanol–water partition coefficient (Wildman–Crippen LogP) is 1.67. The molecule has 0 aliphatic carbocycles. The highest BCUT2D eigenvalue weighted by molar-refractivity contribution is 6.43. The van der Waals surface area contributed by atoms with Gasteiger partial charge in [-0.1, -0.05) is 30.3 Å². The van der Waals surface area contributed by atoms with Crippen LogP contribution >= 0.6 is 0 Å². The molecule has 0 spiro atoms. The van der Waals surface area contributed by atoms with Crippen LogP contribution < -0.4 is 5.32 Å². The van der Waals surface area contributed by atoms with Crippen molar-refractivity contribution in [2.45, 2.75) is 70.1 Å². The zero-order chi connectivity index (χ0) is 27.7.